The van der Waals surface area contributed by atoms with Crippen LogP contribution in [0, 0.1) is 6.92 Å². The minimum atomic E-state index is -0.589. The number of hydrogen-bond acceptors (Lipinski definition) is 6. The van der Waals surface area contributed by atoms with Crippen LogP contribution in [0.15, 0.2) is 61.1 Å². The highest BCUT2D eigenvalue weighted by Gasteiger charge is 2.30. The molecule has 0 spiro atoms. The molecule has 0 unspecified atom stereocenters. The van der Waals surface area contributed by atoms with Gasteiger partial charge >= 0.3 is 0 Å². The third kappa shape index (κ3) is 3.81. The Labute approximate surface area is 195 Å². The largest absolute Gasteiger partial charge is 0.359 e. The highest BCUT2D eigenvalue weighted by atomic mass is 16.2. The molecule has 0 atom stereocenters. The Kier molecular flexibility index (Phi) is 5.59. The number of nitrogens with zero attached hydrogens (tertiary/aromatic N) is 5. The van der Waals surface area contributed by atoms with Gasteiger partial charge in [0.25, 0.3) is 17.6 Å². The Bertz CT molecular complexity index is 1380. The molecule has 0 saturated carbocycles. The second-order valence-electron chi connectivity index (χ2n) is 8.13. The SMILES string of the molecule is Cc1cnc(-c2cccnn2)c2[nH]cc(C(=O)C(=O)N3CCN(C(=O)c4ccccc4)CC3)c12. The number of aromatic amines is 1. The normalized spacial score (nSPS) is 13.8. The number of carbonyl (C=O) groups excluding carboxylic acids is 3. The molecule has 1 aromatic carbocycles. The monoisotopic (exact) mass is 454 g/mol. The van der Waals surface area contributed by atoms with Crippen LogP contribution in [0.3, 0.4) is 0 Å². The van der Waals surface area contributed by atoms with Gasteiger partial charge in [-0.1, -0.05) is 18.2 Å². The van der Waals surface area contributed by atoms with Crippen molar-refractivity contribution in [2.75, 3.05) is 26.2 Å². The van der Waals surface area contributed by atoms with E-state index in [9.17, 15) is 14.4 Å². The second-order valence-corrected chi connectivity index (χ2v) is 8.13. The molecule has 1 aliphatic rings. The smallest absolute Gasteiger partial charge is 0.295 e. The molecule has 1 N–H and O–H groups in total. The summed E-state index contributed by atoms with van der Waals surface area (Å²) in [5.41, 5.74) is 3.45. The number of pyridine rings is 1. The minimum Gasteiger partial charge on any atom is -0.359 e. The number of hydrogen-bond donors (Lipinski definition) is 1. The quantitative estimate of drug-likeness (QED) is 0.375. The standard InChI is InChI=1S/C25H22N6O3/c1-16-14-26-21(19-8-5-9-28-29-19)22-20(16)18(15-27-22)23(32)25(34)31-12-10-30(11-13-31)24(33)17-6-3-2-4-7-17/h2-9,14-15,27H,10-13H2,1H3. The second kappa shape index (κ2) is 8.86. The zero-order valence-electron chi connectivity index (χ0n) is 18.6. The van der Waals surface area contributed by atoms with Crippen molar-refractivity contribution in [2.24, 2.45) is 0 Å². The molecule has 2 amide bonds. The average Bonchev–Trinajstić information content (AvgIpc) is 3.35. The van der Waals surface area contributed by atoms with E-state index in [0.717, 1.165) is 5.56 Å². The first-order valence-electron chi connectivity index (χ1n) is 11.0. The Hall–Kier alpha value is -4.40. The number of aryl methyl sites for hydroxylation is 1. The highest BCUT2D eigenvalue weighted by Crippen LogP contribution is 2.29. The Balaban J connectivity index is 1.35. The number of H-pyrrole nitrogens is 1. The fourth-order valence-corrected chi connectivity index (χ4v) is 4.25. The summed E-state index contributed by atoms with van der Waals surface area (Å²) in [5.74, 6) is -1.24. The van der Waals surface area contributed by atoms with E-state index in [4.69, 9.17) is 0 Å². The number of benzene rings is 1. The number of ketones is 1. The van der Waals surface area contributed by atoms with Crippen LogP contribution in [-0.2, 0) is 4.79 Å². The molecule has 1 saturated heterocycles. The molecular formula is C25H22N6O3. The van der Waals surface area contributed by atoms with Crippen molar-refractivity contribution in [1.82, 2.24) is 30.0 Å². The highest BCUT2D eigenvalue weighted by molar-refractivity contribution is 6.45. The average molecular weight is 454 g/mol. The number of amides is 2. The molecule has 170 valence electrons. The van der Waals surface area contributed by atoms with Crippen molar-refractivity contribution in [1.29, 1.82) is 0 Å². The van der Waals surface area contributed by atoms with Gasteiger partial charge < -0.3 is 14.8 Å². The molecule has 4 aromatic rings. The molecule has 5 rings (SSSR count). The van der Waals surface area contributed by atoms with Crippen LogP contribution < -0.4 is 0 Å². The molecule has 9 heteroatoms. The van der Waals surface area contributed by atoms with Crippen molar-refractivity contribution in [3.63, 3.8) is 0 Å². The van der Waals surface area contributed by atoms with E-state index in [2.05, 4.69) is 20.2 Å². The predicted octanol–water partition coefficient (Wildman–Crippen LogP) is 2.50. The first kappa shape index (κ1) is 21.4. The van der Waals surface area contributed by atoms with E-state index in [1.165, 1.54) is 4.90 Å². The van der Waals surface area contributed by atoms with Gasteiger partial charge in [-0.15, -0.1) is 5.10 Å². The number of carbonyl (C=O) groups is 3. The number of piperazine rings is 1. The van der Waals surface area contributed by atoms with E-state index < -0.39 is 11.7 Å². The molecule has 4 heterocycles. The maximum absolute atomic E-state index is 13.2. The molecular weight excluding hydrogens is 432 g/mol. The van der Waals surface area contributed by atoms with Crippen molar-refractivity contribution in [3.8, 4) is 11.4 Å². The number of nitrogens with one attached hydrogen (secondary N) is 1. The van der Waals surface area contributed by atoms with Gasteiger partial charge in [0.2, 0.25) is 0 Å². The van der Waals surface area contributed by atoms with E-state index >= 15 is 0 Å². The number of aromatic nitrogens is 4. The third-order valence-corrected chi connectivity index (χ3v) is 6.03. The summed E-state index contributed by atoms with van der Waals surface area (Å²) in [4.78, 5) is 49.7. The Morgan fingerprint density at radius 3 is 2.38 bits per heavy atom. The summed E-state index contributed by atoms with van der Waals surface area (Å²) < 4.78 is 0. The van der Waals surface area contributed by atoms with Crippen molar-refractivity contribution in [2.45, 2.75) is 6.92 Å². The Morgan fingerprint density at radius 1 is 0.941 bits per heavy atom. The van der Waals surface area contributed by atoms with Crippen LogP contribution in [0.1, 0.15) is 26.3 Å². The van der Waals surface area contributed by atoms with Crippen LogP contribution in [0.4, 0.5) is 0 Å². The maximum atomic E-state index is 13.2. The number of Topliss-reactive ketones (excluding diaryl/α,β-unsaturated/α-hetero) is 1. The van der Waals surface area contributed by atoms with Crippen LogP contribution in [0.5, 0.6) is 0 Å². The van der Waals surface area contributed by atoms with Crippen LogP contribution in [0.25, 0.3) is 22.3 Å². The first-order valence-corrected chi connectivity index (χ1v) is 11.0. The third-order valence-electron chi connectivity index (χ3n) is 6.03. The van der Waals surface area contributed by atoms with Gasteiger partial charge in [0.05, 0.1) is 11.1 Å². The summed E-state index contributed by atoms with van der Waals surface area (Å²) in [6.07, 6.45) is 4.79. The van der Waals surface area contributed by atoms with Gasteiger partial charge in [-0.3, -0.25) is 19.4 Å². The van der Waals surface area contributed by atoms with Gasteiger partial charge in [0.1, 0.15) is 11.4 Å². The number of rotatable bonds is 4. The van der Waals surface area contributed by atoms with Gasteiger partial charge in [-0.2, -0.15) is 5.10 Å². The molecule has 34 heavy (non-hydrogen) atoms. The lowest BCUT2D eigenvalue weighted by Crippen LogP contribution is -2.52. The van der Waals surface area contributed by atoms with E-state index in [1.807, 2.05) is 25.1 Å². The van der Waals surface area contributed by atoms with E-state index in [1.54, 1.807) is 47.8 Å². The van der Waals surface area contributed by atoms with Crippen molar-refractivity contribution in [3.05, 3.63) is 77.7 Å². The molecule has 0 radical (unpaired) electrons. The summed E-state index contributed by atoms with van der Waals surface area (Å²) >= 11 is 0. The lowest BCUT2D eigenvalue weighted by Gasteiger charge is -2.34. The summed E-state index contributed by atoms with van der Waals surface area (Å²) in [7, 11) is 0. The molecule has 1 fully saturated rings. The molecule has 3 aromatic heterocycles. The van der Waals surface area contributed by atoms with E-state index in [0.29, 0.717) is 59.6 Å². The molecule has 1 aliphatic heterocycles. The van der Waals surface area contributed by atoms with Gasteiger partial charge in [0.15, 0.2) is 0 Å². The summed E-state index contributed by atoms with van der Waals surface area (Å²) in [6, 6.07) is 12.6. The zero-order valence-corrected chi connectivity index (χ0v) is 18.6. The van der Waals surface area contributed by atoms with Gasteiger partial charge in [-0.25, -0.2) is 0 Å². The van der Waals surface area contributed by atoms with E-state index in [-0.39, 0.29) is 5.91 Å². The maximum Gasteiger partial charge on any atom is 0.295 e. The summed E-state index contributed by atoms with van der Waals surface area (Å²) in [6.45, 7) is 3.20. The number of fused-ring (bicyclic) bond motifs is 1. The molecule has 0 bridgehead atoms. The topological polar surface area (TPSA) is 112 Å². The minimum absolute atomic E-state index is 0.0738. The van der Waals surface area contributed by atoms with Gasteiger partial charge in [-0.05, 0) is 36.8 Å². The van der Waals surface area contributed by atoms with Crippen molar-refractivity contribution < 1.29 is 14.4 Å². The summed E-state index contributed by atoms with van der Waals surface area (Å²) in [5, 5.41) is 8.65. The van der Waals surface area contributed by atoms with Crippen molar-refractivity contribution >= 4 is 28.5 Å². The zero-order chi connectivity index (χ0) is 23.7. The van der Waals surface area contributed by atoms with Crippen LogP contribution >= 0.6 is 0 Å². The van der Waals surface area contributed by atoms with Crippen LogP contribution in [0.2, 0.25) is 0 Å². The van der Waals surface area contributed by atoms with Crippen LogP contribution in [-0.4, -0.2) is 73.7 Å². The van der Waals surface area contributed by atoms with Gasteiger partial charge in [0, 0.05) is 55.7 Å². The molecule has 9 nitrogen and oxygen atoms in total. The predicted molar refractivity (Wildman–Crippen MR) is 125 cm³/mol. The first-order chi connectivity index (χ1) is 16.5. The molecule has 0 aliphatic carbocycles. The fraction of sp³-hybridized carbons (Fsp3) is 0.200. The lowest BCUT2D eigenvalue weighted by atomic mass is 10.0. The fourth-order valence-electron chi connectivity index (χ4n) is 4.25. The lowest BCUT2D eigenvalue weighted by molar-refractivity contribution is -0.127. The Morgan fingerprint density at radius 2 is 1.68 bits per heavy atom.